The smallest absolute Gasteiger partial charge is 0.191 e. The number of hydrogen-bond donors (Lipinski definition) is 2. The maximum atomic E-state index is 11.4. The normalized spacial score (nSPS) is 17.3. The van der Waals surface area contributed by atoms with Crippen molar-refractivity contribution in [1.82, 2.24) is 4.90 Å². The summed E-state index contributed by atoms with van der Waals surface area (Å²) in [7, 11) is 0. The zero-order valence-corrected chi connectivity index (χ0v) is 17.1. The minimum Gasteiger partial charge on any atom is -0.383 e. The Morgan fingerprint density at radius 2 is 1.62 bits per heavy atom. The van der Waals surface area contributed by atoms with Crippen LogP contribution in [0.15, 0.2) is 65.7 Å². The Labute approximate surface area is 171 Å². The van der Waals surface area contributed by atoms with Crippen LogP contribution < -0.4 is 5.73 Å². The van der Waals surface area contributed by atoms with Gasteiger partial charge in [0.2, 0.25) is 0 Å². The van der Waals surface area contributed by atoms with Gasteiger partial charge in [-0.15, -0.1) is 24.0 Å². The number of benzene rings is 2. The SMILES string of the molecule is I.NC(=NCC(O)(Cc1ccccc1)c1ccccc1)N1CCOCC1. The van der Waals surface area contributed by atoms with Gasteiger partial charge in [0.1, 0.15) is 5.60 Å². The maximum absolute atomic E-state index is 11.4. The van der Waals surface area contributed by atoms with Gasteiger partial charge < -0.3 is 20.5 Å². The molecule has 0 bridgehead atoms. The van der Waals surface area contributed by atoms with Crippen LogP contribution in [-0.2, 0) is 16.8 Å². The van der Waals surface area contributed by atoms with Gasteiger partial charge in [-0.2, -0.15) is 0 Å². The van der Waals surface area contributed by atoms with E-state index in [2.05, 4.69) is 4.99 Å². The molecule has 0 saturated carbocycles. The van der Waals surface area contributed by atoms with Crippen molar-refractivity contribution in [3.8, 4) is 0 Å². The topological polar surface area (TPSA) is 71.1 Å². The van der Waals surface area contributed by atoms with E-state index in [1.165, 1.54) is 0 Å². The van der Waals surface area contributed by atoms with Crippen LogP contribution >= 0.6 is 24.0 Å². The summed E-state index contributed by atoms with van der Waals surface area (Å²) in [5, 5.41) is 11.4. The molecule has 2 aromatic rings. The predicted molar refractivity (Wildman–Crippen MR) is 115 cm³/mol. The molecule has 140 valence electrons. The van der Waals surface area contributed by atoms with Crippen molar-refractivity contribution in [3.05, 3.63) is 71.8 Å². The Kier molecular flexibility index (Phi) is 7.86. The van der Waals surface area contributed by atoms with Crippen molar-refractivity contribution in [3.63, 3.8) is 0 Å². The third-order valence-corrected chi connectivity index (χ3v) is 4.49. The van der Waals surface area contributed by atoms with Crippen LogP contribution in [0, 0.1) is 0 Å². The van der Waals surface area contributed by atoms with E-state index in [0.717, 1.165) is 24.2 Å². The van der Waals surface area contributed by atoms with E-state index in [9.17, 15) is 5.11 Å². The van der Waals surface area contributed by atoms with Gasteiger partial charge >= 0.3 is 0 Å². The van der Waals surface area contributed by atoms with Crippen LogP contribution in [-0.4, -0.2) is 48.8 Å². The number of halogens is 1. The zero-order valence-electron chi connectivity index (χ0n) is 14.8. The molecule has 1 atom stereocenters. The highest BCUT2D eigenvalue weighted by Crippen LogP contribution is 2.26. The molecule has 1 aliphatic heterocycles. The van der Waals surface area contributed by atoms with Crippen LogP contribution in [0.3, 0.4) is 0 Å². The number of hydrogen-bond acceptors (Lipinski definition) is 3. The van der Waals surface area contributed by atoms with Gasteiger partial charge in [0.05, 0.1) is 19.8 Å². The molecular formula is C20H26IN3O2. The van der Waals surface area contributed by atoms with Crippen molar-refractivity contribution >= 4 is 29.9 Å². The highest BCUT2D eigenvalue weighted by atomic mass is 127. The lowest BCUT2D eigenvalue weighted by atomic mass is 9.87. The molecule has 0 spiro atoms. The second-order valence-electron chi connectivity index (χ2n) is 6.33. The summed E-state index contributed by atoms with van der Waals surface area (Å²) < 4.78 is 5.34. The van der Waals surface area contributed by atoms with Crippen LogP contribution in [0.5, 0.6) is 0 Å². The standard InChI is InChI=1S/C20H25N3O2.HI/c21-19(23-11-13-25-14-12-23)22-16-20(24,18-9-5-2-6-10-18)15-17-7-3-1-4-8-17;/h1-10,24H,11-16H2,(H2,21,22);1H. The quantitative estimate of drug-likeness (QED) is 0.403. The molecule has 0 radical (unpaired) electrons. The summed E-state index contributed by atoms with van der Waals surface area (Å²) >= 11 is 0. The van der Waals surface area contributed by atoms with Crippen molar-refractivity contribution in [2.24, 2.45) is 10.7 Å². The van der Waals surface area contributed by atoms with E-state index in [1.807, 2.05) is 65.6 Å². The summed E-state index contributed by atoms with van der Waals surface area (Å²) in [6, 6.07) is 19.6. The average Bonchev–Trinajstić information content (AvgIpc) is 2.68. The van der Waals surface area contributed by atoms with Gasteiger partial charge in [-0.05, 0) is 11.1 Å². The average molecular weight is 467 g/mol. The van der Waals surface area contributed by atoms with Crippen LogP contribution in [0.1, 0.15) is 11.1 Å². The summed E-state index contributed by atoms with van der Waals surface area (Å²) in [5.74, 6) is 0.464. The number of ether oxygens (including phenoxy) is 1. The first-order valence-electron chi connectivity index (χ1n) is 8.62. The number of nitrogens with zero attached hydrogens (tertiary/aromatic N) is 2. The summed E-state index contributed by atoms with van der Waals surface area (Å²) in [6.07, 6.45) is 0.484. The Balaban J connectivity index is 0.00000243. The number of aliphatic imine (C=N–C) groups is 1. The lowest BCUT2D eigenvalue weighted by Crippen LogP contribution is -2.45. The number of aliphatic hydroxyl groups is 1. The largest absolute Gasteiger partial charge is 0.383 e. The van der Waals surface area contributed by atoms with Gasteiger partial charge in [0, 0.05) is 19.5 Å². The fraction of sp³-hybridized carbons (Fsp3) is 0.350. The molecule has 0 aliphatic carbocycles. The van der Waals surface area contributed by atoms with E-state index < -0.39 is 5.60 Å². The van der Waals surface area contributed by atoms with Crippen molar-refractivity contribution < 1.29 is 9.84 Å². The van der Waals surface area contributed by atoms with Crippen LogP contribution in [0.2, 0.25) is 0 Å². The van der Waals surface area contributed by atoms with E-state index in [-0.39, 0.29) is 30.5 Å². The second kappa shape index (κ2) is 9.89. The Hall–Kier alpha value is -1.64. The number of guanidine groups is 1. The van der Waals surface area contributed by atoms with Crippen LogP contribution in [0.4, 0.5) is 0 Å². The van der Waals surface area contributed by atoms with E-state index >= 15 is 0 Å². The first kappa shape index (κ1) is 20.7. The third kappa shape index (κ3) is 5.43. The Morgan fingerprint density at radius 3 is 2.23 bits per heavy atom. The van der Waals surface area contributed by atoms with Gasteiger partial charge in [0.25, 0.3) is 0 Å². The summed E-state index contributed by atoms with van der Waals surface area (Å²) in [6.45, 7) is 3.00. The molecule has 1 aliphatic rings. The van der Waals surface area contributed by atoms with Crippen molar-refractivity contribution in [2.75, 3.05) is 32.8 Å². The minimum absolute atomic E-state index is 0. The fourth-order valence-corrected chi connectivity index (χ4v) is 3.04. The van der Waals surface area contributed by atoms with Gasteiger partial charge in [-0.1, -0.05) is 60.7 Å². The third-order valence-electron chi connectivity index (χ3n) is 4.49. The van der Waals surface area contributed by atoms with Gasteiger partial charge in [-0.3, -0.25) is 0 Å². The lowest BCUT2D eigenvalue weighted by molar-refractivity contribution is 0.0453. The maximum Gasteiger partial charge on any atom is 0.191 e. The minimum atomic E-state index is -1.10. The molecule has 5 nitrogen and oxygen atoms in total. The number of nitrogens with two attached hydrogens (primary N) is 1. The summed E-state index contributed by atoms with van der Waals surface area (Å²) in [4.78, 5) is 6.50. The monoisotopic (exact) mass is 467 g/mol. The molecule has 0 aromatic heterocycles. The molecule has 6 heteroatoms. The van der Waals surface area contributed by atoms with E-state index in [4.69, 9.17) is 10.5 Å². The lowest BCUT2D eigenvalue weighted by Gasteiger charge is -2.30. The van der Waals surface area contributed by atoms with E-state index in [1.54, 1.807) is 0 Å². The van der Waals surface area contributed by atoms with Gasteiger partial charge in [-0.25, -0.2) is 4.99 Å². The number of rotatable bonds is 5. The molecular weight excluding hydrogens is 441 g/mol. The van der Waals surface area contributed by atoms with E-state index in [0.29, 0.717) is 25.6 Å². The predicted octanol–water partition coefficient (Wildman–Crippen LogP) is 2.38. The molecule has 3 N–H and O–H groups in total. The molecule has 3 rings (SSSR count). The molecule has 1 fully saturated rings. The Morgan fingerprint density at radius 1 is 1.04 bits per heavy atom. The van der Waals surface area contributed by atoms with Gasteiger partial charge in [0.15, 0.2) is 5.96 Å². The molecule has 26 heavy (non-hydrogen) atoms. The second-order valence-corrected chi connectivity index (χ2v) is 6.33. The Bertz CT molecular complexity index is 691. The molecule has 1 heterocycles. The molecule has 1 saturated heterocycles. The molecule has 1 unspecified atom stereocenters. The highest BCUT2D eigenvalue weighted by Gasteiger charge is 2.30. The molecule has 2 aromatic carbocycles. The number of morpholine rings is 1. The highest BCUT2D eigenvalue weighted by molar-refractivity contribution is 14.0. The summed E-state index contributed by atoms with van der Waals surface area (Å²) in [5.41, 5.74) is 6.95. The van der Waals surface area contributed by atoms with Crippen molar-refractivity contribution in [2.45, 2.75) is 12.0 Å². The first-order valence-corrected chi connectivity index (χ1v) is 8.62. The first-order chi connectivity index (χ1) is 12.2. The zero-order chi connectivity index (χ0) is 17.5. The van der Waals surface area contributed by atoms with Crippen molar-refractivity contribution in [1.29, 1.82) is 0 Å². The van der Waals surface area contributed by atoms with Crippen LogP contribution in [0.25, 0.3) is 0 Å². The fourth-order valence-electron chi connectivity index (χ4n) is 3.04. The molecule has 0 amide bonds.